The van der Waals surface area contributed by atoms with Gasteiger partial charge in [-0.05, 0) is 60.9 Å². The molecule has 0 bridgehead atoms. The highest BCUT2D eigenvalue weighted by molar-refractivity contribution is 6.01. The molecule has 0 radical (unpaired) electrons. The molecule has 1 heterocycles. The lowest BCUT2D eigenvalue weighted by atomic mass is 9.90. The number of nitrogens with zero attached hydrogens (tertiary/aromatic N) is 4. The Bertz CT molecular complexity index is 1270. The predicted molar refractivity (Wildman–Crippen MR) is 144 cm³/mol. The Morgan fingerprint density at radius 2 is 1.64 bits per heavy atom. The molecule has 5 rings (SSSR count). The maximum Gasteiger partial charge on any atom is 0.251 e. The van der Waals surface area contributed by atoms with Gasteiger partial charge in [0, 0.05) is 38.7 Å². The van der Waals surface area contributed by atoms with E-state index in [4.69, 9.17) is 0 Å². The fourth-order valence-electron chi connectivity index (χ4n) is 5.18. The second-order valence-electron chi connectivity index (χ2n) is 10.2. The van der Waals surface area contributed by atoms with Crippen LogP contribution in [-0.4, -0.2) is 38.2 Å². The molecule has 10 heteroatoms. The SMILES string of the molecule is CC.Cn1n(C)n1CC(=O)N(c1cccc(F)c1)C(C(=O)NC1CCC(F)(F)CC1)c1ccccc1C1CC1. The maximum absolute atomic E-state index is 14.4. The van der Waals surface area contributed by atoms with E-state index in [-0.39, 0.29) is 49.7 Å². The molecule has 2 saturated carbocycles. The minimum atomic E-state index is -2.72. The molecule has 1 aromatic heterocycles. The lowest BCUT2D eigenvalue weighted by Crippen LogP contribution is -2.49. The van der Waals surface area contributed by atoms with E-state index in [2.05, 4.69) is 5.32 Å². The number of alkyl halides is 2. The van der Waals surface area contributed by atoms with Crippen molar-refractivity contribution < 1.29 is 22.8 Å². The minimum Gasteiger partial charge on any atom is -0.351 e. The molecular weight excluding hydrogens is 507 g/mol. The standard InChI is InChI=1S/C27H32F3N5O2.C2H6/c1-32-33(2)34(32)17-24(36)35(21-7-5-6-19(28)16-21)25(23-9-4-3-8-22(23)18-10-11-18)26(37)31-20-12-14-27(29,30)15-13-20;1-2/h3-9,16,18,20,25H,10-15,17H2,1-2H3,(H,31,37);1-2H3. The van der Waals surface area contributed by atoms with Gasteiger partial charge < -0.3 is 5.32 Å². The van der Waals surface area contributed by atoms with E-state index in [1.807, 2.05) is 38.1 Å². The van der Waals surface area contributed by atoms with E-state index in [1.54, 1.807) is 34.6 Å². The molecule has 0 saturated heterocycles. The second kappa shape index (κ2) is 11.8. The molecule has 1 atom stereocenters. The van der Waals surface area contributed by atoms with Crippen molar-refractivity contribution in [3.63, 3.8) is 0 Å². The number of carbonyl (C=O) groups excluding carboxylic acids is 2. The summed E-state index contributed by atoms with van der Waals surface area (Å²) in [5.41, 5.74) is 1.92. The van der Waals surface area contributed by atoms with Crippen molar-refractivity contribution in [1.29, 1.82) is 0 Å². The van der Waals surface area contributed by atoms with Gasteiger partial charge in [0.2, 0.25) is 11.8 Å². The topological polar surface area (TPSA) is 64.2 Å². The van der Waals surface area contributed by atoms with Gasteiger partial charge in [0.25, 0.3) is 5.91 Å². The minimum absolute atomic E-state index is 0.0471. The van der Waals surface area contributed by atoms with Gasteiger partial charge in [-0.1, -0.05) is 44.2 Å². The van der Waals surface area contributed by atoms with Gasteiger partial charge >= 0.3 is 0 Å². The largest absolute Gasteiger partial charge is 0.351 e. The summed E-state index contributed by atoms with van der Waals surface area (Å²) in [6.07, 6.45) is 1.71. The summed E-state index contributed by atoms with van der Waals surface area (Å²) in [5.74, 6) is -3.80. The van der Waals surface area contributed by atoms with Crippen LogP contribution in [0, 0.1) is 5.82 Å². The summed E-state index contributed by atoms with van der Waals surface area (Å²) in [7, 11) is 3.59. The highest BCUT2D eigenvalue weighted by Crippen LogP contribution is 2.44. The zero-order valence-corrected chi connectivity index (χ0v) is 23.0. The van der Waals surface area contributed by atoms with Crippen LogP contribution in [0.5, 0.6) is 0 Å². The van der Waals surface area contributed by atoms with Crippen molar-refractivity contribution >= 4 is 17.5 Å². The smallest absolute Gasteiger partial charge is 0.251 e. The van der Waals surface area contributed by atoms with Crippen LogP contribution in [0.25, 0.3) is 0 Å². The highest BCUT2D eigenvalue weighted by Gasteiger charge is 2.40. The molecule has 2 amide bonds. The number of amides is 2. The predicted octanol–water partition coefficient (Wildman–Crippen LogP) is 5.68. The van der Waals surface area contributed by atoms with E-state index in [1.165, 1.54) is 23.1 Å². The van der Waals surface area contributed by atoms with E-state index >= 15 is 0 Å². The van der Waals surface area contributed by atoms with Gasteiger partial charge in [0.1, 0.15) is 18.4 Å². The molecule has 0 spiro atoms. The van der Waals surface area contributed by atoms with Crippen molar-refractivity contribution in [2.75, 3.05) is 4.90 Å². The van der Waals surface area contributed by atoms with Crippen LogP contribution in [0.15, 0.2) is 48.5 Å². The third kappa shape index (κ3) is 6.59. The number of halogens is 3. The van der Waals surface area contributed by atoms with Crippen LogP contribution in [0.2, 0.25) is 0 Å². The third-order valence-corrected chi connectivity index (χ3v) is 7.57. The Labute approximate surface area is 227 Å². The van der Waals surface area contributed by atoms with Gasteiger partial charge in [0.05, 0.1) is 0 Å². The number of nitrogens with one attached hydrogen (secondary N) is 1. The van der Waals surface area contributed by atoms with Gasteiger partial charge in [-0.2, -0.15) is 14.4 Å². The Hall–Kier alpha value is -3.43. The van der Waals surface area contributed by atoms with Crippen LogP contribution in [0.3, 0.4) is 0 Å². The molecular formula is C29H38F3N5O2. The van der Waals surface area contributed by atoms with Gasteiger partial charge in [0.15, 0.2) is 0 Å². The molecule has 2 aliphatic carbocycles. The Morgan fingerprint density at radius 1 is 1.00 bits per heavy atom. The van der Waals surface area contributed by atoms with Crippen LogP contribution >= 0.6 is 0 Å². The van der Waals surface area contributed by atoms with Crippen molar-refractivity contribution in [1.82, 2.24) is 19.7 Å². The first-order valence-corrected chi connectivity index (χ1v) is 13.7. The molecule has 1 unspecified atom stereocenters. The summed E-state index contributed by atoms with van der Waals surface area (Å²) in [6.45, 7) is 3.95. The highest BCUT2D eigenvalue weighted by atomic mass is 19.3. The number of carbonyl (C=O) groups is 2. The maximum atomic E-state index is 14.4. The van der Waals surface area contributed by atoms with Gasteiger partial charge in [-0.25, -0.2) is 13.2 Å². The quantitative estimate of drug-likeness (QED) is 0.396. The van der Waals surface area contributed by atoms with E-state index in [0.717, 1.165) is 18.4 Å². The van der Waals surface area contributed by atoms with Crippen molar-refractivity contribution in [3.05, 3.63) is 65.5 Å². The average molecular weight is 546 g/mol. The summed E-state index contributed by atoms with van der Waals surface area (Å²) in [5, 5.41) is 2.95. The Morgan fingerprint density at radius 3 is 2.23 bits per heavy atom. The van der Waals surface area contributed by atoms with E-state index < -0.39 is 29.7 Å². The lowest BCUT2D eigenvalue weighted by molar-refractivity contribution is -0.128. The monoisotopic (exact) mass is 545 g/mol. The van der Waals surface area contributed by atoms with Crippen LogP contribution in [0.4, 0.5) is 18.9 Å². The van der Waals surface area contributed by atoms with Crippen molar-refractivity contribution in [3.8, 4) is 0 Å². The summed E-state index contributed by atoms with van der Waals surface area (Å²) in [6, 6.07) is 11.7. The van der Waals surface area contributed by atoms with E-state index in [0.29, 0.717) is 5.56 Å². The molecule has 2 fully saturated rings. The molecule has 3 aromatic rings. The molecule has 39 heavy (non-hydrogen) atoms. The molecule has 2 aromatic carbocycles. The first kappa shape index (κ1) is 28.6. The van der Waals surface area contributed by atoms with Crippen LogP contribution in [-0.2, 0) is 30.2 Å². The number of rotatable bonds is 8. The average Bonchev–Trinajstić information content (AvgIpc) is 3.85. The molecule has 2 aliphatic rings. The number of anilines is 1. The fourth-order valence-corrected chi connectivity index (χ4v) is 5.18. The summed E-state index contributed by atoms with van der Waals surface area (Å²) in [4.78, 5) is 34.3. The zero-order valence-electron chi connectivity index (χ0n) is 23.0. The third-order valence-electron chi connectivity index (χ3n) is 7.57. The van der Waals surface area contributed by atoms with Crippen molar-refractivity contribution in [2.24, 2.45) is 14.1 Å². The number of benzene rings is 2. The molecule has 1 N–H and O–H groups in total. The van der Waals surface area contributed by atoms with Crippen LogP contribution < -0.4 is 10.2 Å². The Kier molecular flexibility index (Phi) is 8.61. The molecule has 212 valence electrons. The number of hydrogen-bond donors (Lipinski definition) is 1. The summed E-state index contributed by atoms with van der Waals surface area (Å²) < 4.78 is 41.9. The Balaban J connectivity index is 0.00000172. The van der Waals surface area contributed by atoms with Crippen molar-refractivity contribution in [2.45, 2.75) is 82.8 Å². The first-order chi connectivity index (χ1) is 18.6. The zero-order chi connectivity index (χ0) is 28.3. The molecule has 0 aliphatic heterocycles. The normalized spacial score (nSPS) is 17.7. The summed E-state index contributed by atoms with van der Waals surface area (Å²) >= 11 is 0. The van der Waals surface area contributed by atoms with Crippen LogP contribution in [0.1, 0.15) is 75.5 Å². The number of aromatic nitrogens is 3. The number of hydrogen-bond acceptors (Lipinski definition) is 2. The fraction of sp³-hybridized carbons (Fsp3) is 0.517. The second-order valence-corrected chi connectivity index (χ2v) is 10.2. The first-order valence-electron chi connectivity index (χ1n) is 13.7. The lowest BCUT2D eigenvalue weighted by Gasteiger charge is -2.35. The van der Waals surface area contributed by atoms with Gasteiger partial charge in [-0.3, -0.25) is 14.5 Å². The van der Waals surface area contributed by atoms with E-state index in [9.17, 15) is 22.8 Å². The molecule has 7 nitrogen and oxygen atoms in total. The van der Waals surface area contributed by atoms with Gasteiger partial charge in [-0.15, -0.1) is 0 Å².